The molecule has 4 nitrogen and oxygen atoms in total. The topological polar surface area (TPSA) is 48.1 Å². The Kier molecular flexibility index (Phi) is 3.87. The molecule has 1 aliphatic heterocycles. The van der Waals surface area contributed by atoms with Crippen LogP contribution in [0.25, 0.3) is 10.9 Å². The van der Waals surface area contributed by atoms with Crippen molar-refractivity contribution in [2.45, 2.75) is 13.0 Å². The van der Waals surface area contributed by atoms with Crippen LogP contribution in [0.3, 0.4) is 0 Å². The molecule has 0 unspecified atom stereocenters. The van der Waals surface area contributed by atoms with E-state index in [1.165, 1.54) is 10.9 Å². The zero-order valence-electron chi connectivity index (χ0n) is 12.8. The normalized spacial score (nSPS) is 13.8. The molecule has 0 atom stereocenters. The Morgan fingerprint density at radius 3 is 2.67 bits per heavy atom. The van der Waals surface area contributed by atoms with Crippen LogP contribution in [-0.4, -0.2) is 22.5 Å². The molecular formula is C18H15Cl2N3O. The van der Waals surface area contributed by atoms with Gasteiger partial charge in [0.1, 0.15) is 0 Å². The summed E-state index contributed by atoms with van der Waals surface area (Å²) in [5.74, 6) is 0. The molecule has 0 radical (unpaired) electrons. The lowest BCUT2D eigenvalue weighted by atomic mass is 10.0. The summed E-state index contributed by atoms with van der Waals surface area (Å²) in [5, 5.41) is 5.10. The van der Waals surface area contributed by atoms with Crippen molar-refractivity contribution in [3.05, 3.63) is 63.8 Å². The van der Waals surface area contributed by atoms with Gasteiger partial charge in [-0.3, -0.25) is 0 Å². The minimum Gasteiger partial charge on any atom is -0.357 e. The SMILES string of the molecule is O=C(Nc1cc(Cl)cc(Cl)c1)N1CCc2c([nH]c3ccccc23)C1. The van der Waals surface area contributed by atoms with Gasteiger partial charge in [0.25, 0.3) is 0 Å². The molecule has 6 heteroatoms. The van der Waals surface area contributed by atoms with Gasteiger partial charge in [0.2, 0.25) is 0 Å². The number of aromatic nitrogens is 1. The van der Waals surface area contributed by atoms with Crippen molar-refractivity contribution >= 4 is 45.8 Å². The maximum atomic E-state index is 12.5. The molecule has 24 heavy (non-hydrogen) atoms. The second-order valence-electron chi connectivity index (χ2n) is 5.89. The Labute approximate surface area is 149 Å². The Morgan fingerprint density at radius 1 is 1.12 bits per heavy atom. The lowest BCUT2D eigenvalue weighted by Gasteiger charge is -2.27. The number of carbonyl (C=O) groups is 1. The minimum atomic E-state index is -0.155. The van der Waals surface area contributed by atoms with Crippen LogP contribution in [0.2, 0.25) is 10.0 Å². The van der Waals surface area contributed by atoms with Crippen LogP contribution in [0.1, 0.15) is 11.3 Å². The molecule has 0 bridgehead atoms. The molecule has 0 spiro atoms. The molecule has 2 N–H and O–H groups in total. The first-order valence-corrected chi connectivity index (χ1v) is 8.46. The number of fused-ring (bicyclic) bond motifs is 3. The molecule has 3 aromatic rings. The molecule has 2 aromatic carbocycles. The van der Waals surface area contributed by atoms with Gasteiger partial charge in [-0.15, -0.1) is 0 Å². The van der Waals surface area contributed by atoms with Crippen LogP contribution in [0.4, 0.5) is 10.5 Å². The van der Waals surface area contributed by atoms with Crippen LogP contribution in [0.5, 0.6) is 0 Å². The number of hydrogen-bond donors (Lipinski definition) is 2. The van der Waals surface area contributed by atoms with E-state index in [1.54, 1.807) is 23.1 Å². The summed E-state index contributed by atoms with van der Waals surface area (Å²) in [7, 11) is 0. The number of amides is 2. The summed E-state index contributed by atoms with van der Waals surface area (Å²) < 4.78 is 0. The molecular weight excluding hydrogens is 345 g/mol. The number of hydrogen-bond acceptors (Lipinski definition) is 1. The molecule has 0 saturated carbocycles. The van der Waals surface area contributed by atoms with Gasteiger partial charge in [-0.05, 0) is 36.2 Å². The third-order valence-corrected chi connectivity index (χ3v) is 4.72. The second-order valence-corrected chi connectivity index (χ2v) is 6.76. The van der Waals surface area contributed by atoms with E-state index in [-0.39, 0.29) is 6.03 Å². The van der Waals surface area contributed by atoms with E-state index in [1.807, 2.05) is 12.1 Å². The van der Waals surface area contributed by atoms with Crippen LogP contribution in [0, 0.1) is 0 Å². The summed E-state index contributed by atoms with van der Waals surface area (Å²) in [6, 6.07) is 13.1. The largest absolute Gasteiger partial charge is 0.357 e. The third-order valence-electron chi connectivity index (χ3n) is 4.28. The fraction of sp³-hybridized carbons (Fsp3) is 0.167. The van der Waals surface area contributed by atoms with Gasteiger partial charge in [0.05, 0.1) is 6.54 Å². The minimum absolute atomic E-state index is 0.155. The Balaban J connectivity index is 1.54. The van der Waals surface area contributed by atoms with Crippen molar-refractivity contribution in [3.8, 4) is 0 Å². The number of H-pyrrole nitrogens is 1. The molecule has 2 amide bonds. The lowest BCUT2D eigenvalue weighted by molar-refractivity contribution is 0.206. The molecule has 1 aromatic heterocycles. The number of benzene rings is 2. The Bertz CT molecular complexity index is 915. The van der Waals surface area contributed by atoms with E-state index in [9.17, 15) is 4.79 Å². The van der Waals surface area contributed by atoms with Crippen molar-refractivity contribution in [2.24, 2.45) is 0 Å². The van der Waals surface area contributed by atoms with Gasteiger partial charge in [-0.1, -0.05) is 41.4 Å². The van der Waals surface area contributed by atoms with Gasteiger partial charge in [0.15, 0.2) is 0 Å². The van der Waals surface area contributed by atoms with Gasteiger partial charge in [-0.2, -0.15) is 0 Å². The number of para-hydroxylation sites is 1. The zero-order chi connectivity index (χ0) is 16.7. The number of urea groups is 1. The van der Waals surface area contributed by atoms with Gasteiger partial charge >= 0.3 is 6.03 Å². The van der Waals surface area contributed by atoms with Crippen molar-refractivity contribution in [2.75, 3.05) is 11.9 Å². The highest BCUT2D eigenvalue weighted by atomic mass is 35.5. The number of carbonyl (C=O) groups excluding carboxylic acids is 1. The Morgan fingerprint density at radius 2 is 1.88 bits per heavy atom. The van der Waals surface area contributed by atoms with Crippen LogP contribution in [-0.2, 0) is 13.0 Å². The number of rotatable bonds is 1. The molecule has 1 aliphatic rings. The van der Waals surface area contributed by atoms with Crippen LogP contribution in [0.15, 0.2) is 42.5 Å². The Hall–Kier alpha value is -2.17. The fourth-order valence-electron chi connectivity index (χ4n) is 3.19. The average molecular weight is 360 g/mol. The van der Waals surface area contributed by atoms with Gasteiger partial charge < -0.3 is 15.2 Å². The molecule has 122 valence electrons. The highest BCUT2D eigenvalue weighted by Crippen LogP contribution is 2.28. The van der Waals surface area contributed by atoms with E-state index < -0.39 is 0 Å². The maximum absolute atomic E-state index is 12.5. The van der Waals surface area contributed by atoms with E-state index in [0.717, 1.165) is 17.6 Å². The van der Waals surface area contributed by atoms with Gasteiger partial charge in [-0.25, -0.2) is 4.79 Å². The molecule has 0 fully saturated rings. The van der Waals surface area contributed by atoms with Crippen LogP contribution < -0.4 is 5.32 Å². The fourth-order valence-corrected chi connectivity index (χ4v) is 3.72. The summed E-state index contributed by atoms with van der Waals surface area (Å²) in [6.45, 7) is 1.24. The van der Waals surface area contributed by atoms with Crippen molar-refractivity contribution in [3.63, 3.8) is 0 Å². The smallest absolute Gasteiger partial charge is 0.322 e. The monoisotopic (exact) mass is 359 g/mol. The summed E-state index contributed by atoms with van der Waals surface area (Å²) in [4.78, 5) is 17.7. The predicted octanol–water partition coefficient (Wildman–Crippen LogP) is 5.06. The summed E-state index contributed by atoms with van der Waals surface area (Å²) >= 11 is 12.0. The number of aromatic amines is 1. The van der Waals surface area contributed by atoms with Crippen molar-refractivity contribution in [1.29, 1.82) is 0 Å². The highest BCUT2D eigenvalue weighted by Gasteiger charge is 2.23. The maximum Gasteiger partial charge on any atom is 0.322 e. The summed E-state index contributed by atoms with van der Waals surface area (Å²) in [6.07, 6.45) is 0.836. The van der Waals surface area contributed by atoms with E-state index in [0.29, 0.717) is 28.8 Å². The van der Waals surface area contributed by atoms with E-state index >= 15 is 0 Å². The van der Waals surface area contributed by atoms with E-state index in [4.69, 9.17) is 23.2 Å². The molecule has 2 heterocycles. The molecule has 0 saturated heterocycles. The van der Waals surface area contributed by atoms with Crippen molar-refractivity contribution < 1.29 is 4.79 Å². The number of anilines is 1. The standard InChI is InChI=1S/C18H15Cl2N3O/c19-11-7-12(20)9-13(8-11)21-18(24)23-6-5-15-14-3-1-2-4-16(14)22-17(15)10-23/h1-4,7-9,22H,5-6,10H2,(H,21,24). The number of nitrogens with one attached hydrogen (secondary N) is 2. The first-order valence-electron chi connectivity index (χ1n) is 7.70. The lowest BCUT2D eigenvalue weighted by Crippen LogP contribution is -2.38. The van der Waals surface area contributed by atoms with Gasteiger partial charge in [0, 0.05) is 38.9 Å². The average Bonchev–Trinajstić information content (AvgIpc) is 2.91. The van der Waals surface area contributed by atoms with Crippen molar-refractivity contribution in [1.82, 2.24) is 9.88 Å². The second kappa shape index (κ2) is 6.04. The van der Waals surface area contributed by atoms with Crippen LogP contribution >= 0.6 is 23.2 Å². The molecule has 0 aliphatic carbocycles. The molecule has 4 rings (SSSR count). The quantitative estimate of drug-likeness (QED) is 0.626. The highest BCUT2D eigenvalue weighted by molar-refractivity contribution is 6.35. The number of nitrogens with zero attached hydrogens (tertiary/aromatic N) is 1. The first kappa shape index (κ1) is 15.4. The summed E-state index contributed by atoms with van der Waals surface area (Å²) in [5.41, 5.74) is 4.12. The third kappa shape index (κ3) is 2.83. The predicted molar refractivity (Wildman–Crippen MR) is 97.9 cm³/mol. The first-order chi connectivity index (χ1) is 11.6. The number of halogens is 2. The zero-order valence-corrected chi connectivity index (χ0v) is 14.3. The van der Waals surface area contributed by atoms with E-state index in [2.05, 4.69) is 22.4 Å².